The molecule has 3 heterocycles. The van der Waals surface area contributed by atoms with Crippen LogP contribution in [0.5, 0.6) is 5.75 Å². The van der Waals surface area contributed by atoms with Crippen molar-refractivity contribution in [3.63, 3.8) is 0 Å². The quantitative estimate of drug-likeness (QED) is 0.556. The van der Waals surface area contributed by atoms with Gasteiger partial charge in [-0.05, 0) is 35.7 Å². The van der Waals surface area contributed by atoms with Crippen LogP contribution >= 0.6 is 11.8 Å². The zero-order valence-electron chi connectivity index (χ0n) is 18.9. The number of hydrogen-bond donors (Lipinski definition) is 1. The Labute approximate surface area is 208 Å². The Hall–Kier alpha value is -3.91. The predicted octanol–water partition coefficient (Wildman–Crippen LogP) is 4.12. The van der Waals surface area contributed by atoms with Crippen molar-refractivity contribution in [1.29, 1.82) is 5.26 Å². The first kappa shape index (κ1) is 23.8. The Morgan fingerprint density at radius 3 is 2.56 bits per heavy atom. The molecule has 0 bridgehead atoms. The van der Waals surface area contributed by atoms with E-state index in [4.69, 9.17) is 0 Å². The van der Waals surface area contributed by atoms with Crippen LogP contribution < -0.4 is 10.4 Å². The fourth-order valence-corrected chi connectivity index (χ4v) is 5.78. The summed E-state index contributed by atoms with van der Waals surface area (Å²) in [5.74, 6) is -1.56. The van der Waals surface area contributed by atoms with Gasteiger partial charge < -0.3 is 10.0 Å². The Kier molecular flexibility index (Phi) is 5.71. The van der Waals surface area contributed by atoms with Crippen molar-refractivity contribution in [3.8, 4) is 11.8 Å². The van der Waals surface area contributed by atoms with Gasteiger partial charge in [-0.15, -0.1) is 11.8 Å². The third-order valence-electron chi connectivity index (χ3n) is 6.54. The molecule has 0 radical (unpaired) electrons. The number of carbonyl (C=O) groups excluding carboxylic acids is 1. The molecule has 36 heavy (non-hydrogen) atoms. The zero-order chi connectivity index (χ0) is 25.8. The summed E-state index contributed by atoms with van der Waals surface area (Å²) in [5.41, 5.74) is 1.19. The molecule has 11 heteroatoms. The number of pyridine rings is 1. The molecule has 0 saturated carbocycles. The summed E-state index contributed by atoms with van der Waals surface area (Å²) in [4.78, 5) is 26.9. The topological polar surface area (TPSA) is 89.6 Å². The molecule has 2 aliphatic heterocycles. The fraction of sp³-hybridized carbons (Fsp3) is 0.240. The SMILES string of the molecule is C[C@@H](N1CN([C@@H]2c3ccccc3SCc3c(C#N)cccc32)n2ccc(=O)c(O)c2C1=O)C(F)(F)F. The van der Waals surface area contributed by atoms with E-state index in [1.54, 1.807) is 24.3 Å². The minimum absolute atomic E-state index is 0.439. The van der Waals surface area contributed by atoms with Gasteiger partial charge in [0.15, 0.2) is 11.4 Å². The van der Waals surface area contributed by atoms with E-state index >= 15 is 0 Å². The maximum atomic E-state index is 13.8. The van der Waals surface area contributed by atoms with Gasteiger partial charge in [0.2, 0.25) is 5.43 Å². The Morgan fingerprint density at radius 2 is 1.83 bits per heavy atom. The molecule has 1 aromatic heterocycles. The van der Waals surface area contributed by atoms with Gasteiger partial charge in [-0.3, -0.25) is 19.3 Å². The van der Waals surface area contributed by atoms with E-state index in [9.17, 15) is 33.1 Å². The maximum absolute atomic E-state index is 13.8. The number of thioether (sulfide) groups is 1. The molecule has 0 aliphatic carbocycles. The van der Waals surface area contributed by atoms with Crippen LogP contribution in [0.25, 0.3) is 0 Å². The number of aromatic nitrogens is 1. The number of benzene rings is 2. The summed E-state index contributed by atoms with van der Waals surface area (Å²) in [6, 6.07) is 12.9. The molecule has 184 valence electrons. The molecule has 3 aromatic rings. The van der Waals surface area contributed by atoms with Gasteiger partial charge >= 0.3 is 6.18 Å². The van der Waals surface area contributed by atoms with Crippen LogP contribution in [0.3, 0.4) is 0 Å². The maximum Gasteiger partial charge on any atom is 0.408 e. The van der Waals surface area contributed by atoms with E-state index in [-0.39, 0.29) is 0 Å². The third-order valence-corrected chi connectivity index (χ3v) is 7.66. The highest BCUT2D eigenvalue weighted by Crippen LogP contribution is 2.44. The molecular formula is C25H19F3N4O3S. The second-order valence-electron chi connectivity index (χ2n) is 8.51. The van der Waals surface area contributed by atoms with Crippen molar-refractivity contribution in [2.24, 2.45) is 0 Å². The average molecular weight is 513 g/mol. The van der Waals surface area contributed by atoms with Crippen molar-refractivity contribution in [2.45, 2.75) is 35.8 Å². The highest BCUT2D eigenvalue weighted by molar-refractivity contribution is 7.98. The molecule has 5 rings (SSSR count). The fourth-order valence-electron chi connectivity index (χ4n) is 4.64. The summed E-state index contributed by atoms with van der Waals surface area (Å²) in [6.07, 6.45) is -3.46. The largest absolute Gasteiger partial charge is 0.502 e. The molecule has 0 spiro atoms. The smallest absolute Gasteiger partial charge is 0.408 e. The van der Waals surface area contributed by atoms with E-state index < -0.39 is 47.7 Å². The van der Waals surface area contributed by atoms with Crippen molar-refractivity contribution in [3.05, 3.63) is 92.9 Å². The predicted molar refractivity (Wildman–Crippen MR) is 126 cm³/mol. The molecule has 1 N–H and O–H groups in total. The number of rotatable bonds is 2. The number of carbonyl (C=O) groups is 1. The standard InChI is InChI=1S/C25H19F3N4O3S/c1-14(25(26,27)28)30-13-32(31-10-9-19(33)23(34)22(31)24(30)35)21-16-7-4-5-15(11-29)18(16)12-36-20-8-3-2-6-17(20)21/h2-10,14,21,34H,12-13H2,1H3/t14-,21+/m1/s1. The molecule has 7 nitrogen and oxygen atoms in total. The van der Waals surface area contributed by atoms with E-state index in [0.717, 1.165) is 29.0 Å². The summed E-state index contributed by atoms with van der Waals surface area (Å²) in [7, 11) is 0. The van der Waals surface area contributed by atoms with Crippen molar-refractivity contribution < 1.29 is 23.1 Å². The number of aromatic hydroxyl groups is 1. The van der Waals surface area contributed by atoms with Crippen molar-refractivity contribution in [1.82, 2.24) is 9.58 Å². The van der Waals surface area contributed by atoms with Crippen LogP contribution in [-0.4, -0.2) is 39.5 Å². The highest BCUT2D eigenvalue weighted by Gasteiger charge is 2.47. The molecule has 2 atom stereocenters. The summed E-state index contributed by atoms with van der Waals surface area (Å²) in [5, 5.41) is 21.8. The lowest BCUT2D eigenvalue weighted by atomic mass is 9.92. The van der Waals surface area contributed by atoms with Crippen LogP contribution in [0.15, 0.2) is 64.4 Å². The molecule has 1 amide bonds. The van der Waals surface area contributed by atoms with Crippen LogP contribution in [0.1, 0.15) is 45.7 Å². The number of nitriles is 1. The number of halogens is 3. The number of hydrogen-bond acceptors (Lipinski definition) is 6. The van der Waals surface area contributed by atoms with Crippen LogP contribution in [0.4, 0.5) is 13.2 Å². The lowest BCUT2D eigenvalue weighted by Gasteiger charge is -2.46. The number of fused-ring (bicyclic) bond motifs is 3. The molecule has 2 aromatic carbocycles. The lowest BCUT2D eigenvalue weighted by molar-refractivity contribution is -0.173. The Morgan fingerprint density at radius 1 is 1.11 bits per heavy atom. The zero-order valence-corrected chi connectivity index (χ0v) is 19.7. The van der Waals surface area contributed by atoms with E-state index in [1.165, 1.54) is 27.6 Å². The van der Waals surface area contributed by atoms with Crippen molar-refractivity contribution >= 4 is 17.7 Å². The van der Waals surface area contributed by atoms with Crippen LogP contribution in [-0.2, 0) is 5.75 Å². The molecular weight excluding hydrogens is 493 g/mol. The van der Waals surface area contributed by atoms with Crippen LogP contribution in [0.2, 0.25) is 0 Å². The number of nitrogens with zero attached hydrogens (tertiary/aromatic N) is 4. The van der Waals surface area contributed by atoms with Crippen LogP contribution in [0, 0.1) is 11.3 Å². The summed E-state index contributed by atoms with van der Waals surface area (Å²) in [6.45, 7) is 0.386. The lowest BCUT2D eigenvalue weighted by Crippen LogP contribution is -2.60. The first-order valence-electron chi connectivity index (χ1n) is 11.0. The summed E-state index contributed by atoms with van der Waals surface area (Å²) >= 11 is 1.50. The second-order valence-corrected chi connectivity index (χ2v) is 9.53. The minimum atomic E-state index is -4.74. The molecule has 2 aliphatic rings. The number of amides is 1. The van der Waals surface area contributed by atoms with E-state index in [0.29, 0.717) is 21.8 Å². The summed E-state index contributed by atoms with van der Waals surface area (Å²) < 4.78 is 42.6. The first-order valence-corrected chi connectivity index (χ1v) is 11.9. The van der Waals surface area contributed by atoms with Gasteiger partial charge in [-0.1, -0.05) is 30.3 Å². The monoisotopic (exact) mass is 512 g/mol. The molecule has 0 saturated heterocycles. The number of alkyl halides is 3. The first-order chi connectivity index (χ1) is 17.1. The second kappa shape index (κ2) is 8.64. The van der Waals surface area contributed by atoms with E-state index in [1.807, 2.05) is 18.2 Å². The Bertz CT molecular complexity index is 1480. The average Bonchev–Trinajstić information content (AvgIpc) is 3.02. The highest BCUT2D eigenvalue weighted by atomic mass is 32.2. The molecule has 0 fully saturated rings. The van der Waals surface area contributed by atoms with Gasteiger partial charge in [0.05, 0.1) is 17.7 Å². The normalized spacial score (nSPS) is 18.0. The van der Waals surface area contributed by atoms with Gasteiger partial charge in [-0.25, -0.2) is 0 Å². The van der Waals surface area contributed by atoms with Gasteiger partial charge in [0, 0.05) is 22.9 Å². The van der Waals surface area contributed by atoms with Gasteiger partial charge in [-0.2, -0.15) is 18.4 Å². The minimum Gasteiger partial charge on any atom is -0.502 e. The van der Waals surface area contributed by atoms with Gasteiger partial charge in [0.1, 0.15) is 12.7 Å². The third kappa shape index (κ3) is 3.69. The van der Waals surface area contributed by atoms with Gasteiger partial charge in [0.25, 0.3) is 5.91 Å². The Balaban J connectivity index is 1.80. The van der Waals surface area contributed by atoms with Crippen molar-refractivity contribution in [2.75, 3.05) is 11.7 Å². The molecule has 0 unspecified atom stereocenters. The van der Waals surface area contributed by atoms with E-state index in [2.05, 4.69) is 6.07 Å².